The molecule has 1 N–H and O–H groups in total. The number of aromatic nitrogens is 1. The summed E-state index contributed by atoms with van der Waals surface area (Å²) in [7, 11) is -3.60. The van der Waals surface area contributed by atoms with Crippen molar-refractivity contribution in [2.45, 2.75) is 49.0 Å². The van der Waals surface area contributed by atoms with Crippen LogP contribution < -0.4 is 5.32 Å². The molecule has 0 bridgehead atoms. The van der Waals surface area contributed by atoms with Gasteiger partial charge < -0.3 is 9.73 Å². The number of nitrogens with zero attached hydrogens (tertiary/aromatic N) is 1. The van der Waals surface area contributed by atoms with Crippen molar-refractivity contribution in [1.82, 2.24) is 10.3 Å². The first-order chi connectivity index (χ1) is 14.3. The van der Waals surface area contributed by atoms with Crippen LogP contribution in [0.3, 0.4) is 0 Å². The molecule has 6 nitrogen and oxygen atoms in total. The van der Waals surface area contributed by atoms with Gasteiger partial charge in [-0.2, -0.15) is 0 Å². The van der Waals surface area contributed by atoms with E-state index in [9.17, 15) is 17.6 Å². The number of pyridine rings is 1. The highest BCUT2D eigenvalue weighted by atomic mass is 32.2. The number of carbonyl (C=O) groups excluding carboxylic acids is 1. The maximum atomic E-state index is 13.8. The van der Waals surface area contributed by atoms with E-state index in [1.165, 1.54) is 12.1 Å². The Morgan fingerprint density at radius 3 is 2.73 bits per heavy atom. The lowest BCUT2D eigenvalue weighted by Crippen LogP contribution is -2.35. The van der Waals surface area contributed by atoms with Gasteiger partial charge in [0, 0.05) is 18.1 Å². The van der Waals surface area contributed by atoms with Gasteiger partial charge in [-0.25, -0.2) is 12.8 Å². The van der Waals surface area contributed by atoms with Gasteiger partial charge in [0.2, 0.25) is 0 Å². The van der Waals surface area contributed by atoms with Crippen LogP contribution in [-0.2, 0) is 16.4 Å². The van der Waals surface area contributed by atoms with Crippen LogP contribution in [0.25, 0.3) is 11.0 Å². The summed E-state index contributed by atoms with van der Waals surface area (Å²) in [6.45, 7) is 2.09. The zero-order chi connectivity index (χ0) is 21.3. The van der Waals surface area contributed by atoms with E-state index >= 15 is 0 Å². The molecule has 2 aromatic heterocycles. The number of fused-ring (bicyclic) bond motifs is 1. The molecule has 0 spiro atoms. The Morgan fingerprint density at radius 2 is 2.00 bits per heavy atom. The first-order valence-corrected chi connectivity index (χ1v) is 11.5. The molecular formula is C22H23FN2O4S. The number of nitrogens with one attached hydrogen (secondary N) is 1. The van der Waals surface area contributed by atoms with Crippen molar-refractivity contribution in [3.05, 3.63) is 60.1 Å². The van der Waals surface area contributed by atoms with Crippen molar-refractivity contribution in [1.29, 1.82) is 0 Å². The van der Waals surface area contributed by atoms with E-state index in [4.69, 9.17) is 4.42 Å². The summed E-state index contributed by atoms with van der Waals surface area (Å²) >= 11 is 0. The average molecular weight is 431 g/mol. The lowest BCUT2D eigenvalue weighted by molar-refractivity contribution is 0.0925. The van der Waals surface area contributed by atoms with Crippen molar-refractivity contribution in [2.24, 2.45) is 5.92 Å². The zero-order valence-corrected chi connectivity index (χ0v) is 17.4. The van der Waals surface area contributed by atoms with E-state index in [2.05, 4.69) is 10.3 Å². The van der Waals surface area contributed by atoms with E-state index in [-0.39, 0.29) is 35.4 Å². The van der Waals surface area contributed by atoms with Gasteiger partial charge >= 0.3 is 0 Å². The smallest absolute Gasteiger partial charge is 0.287 e. The largest absolute Gasteiger partial charge is 0.449 e. The second-order valence-corrected chi connectivity index (χ2v) is 9.99. The van der Waals surface area contributed by atoms with Crippen molar-refractivity contribution in [3.8, 4) is 0 Å². The molecule has 1 saturated carbocycles. The molecule has 4 rings (SSSR count). The highest BCUT2D eigenvalue weighted by Crippen LogP contribution is 2.34. The van der Waals surface area contributed by atoms with Crippen LogP contribution in [0.2, 0.25) is 0 Å². The molecular weight excluding hydrogens is 407 g/mol. The van der Waals surface area contributed by atoms with Crippen molar-refractivity contribution >= 4 is 26.7 Å². The SMILES string of the molecule is CC1CCC(F)CC1S(=O)(=O)c1ccc(CNC(=O)c2cc3ccncc3o2)cc1. The van der Waals surface area contributed by atoms with Crippen LogP contribution in [0.15, 0.2) is 58.1 Å². The minimum absolute atomic E-state index is 0.0499. The molecule has 0 aliphatic heterocycles. The summed E-state index contributed by atoms with van der Waals surface area (Å²) in [6.07, 6.45) is 3.15. The van der Waals surface area contributed by atoms with Gasteiger partial charge in [-0.1, -0.05) is 19.1 Å². The molecule has 3 aromatic rings. The normalized spacial score (nSPS) is 22.1. The summed E-state index contributed by atoms with van der Waals surface area (Å²) in [6, 6.07) is 9.78. The summed E-state index contributed by atoms with van der Waals surface area (Å²) < 4.78 is 45.1. The summed E-state index contributed by atoms with van der Waals surface area (Å²) in [5, 5.41) is 2.85. The molecule has 0 radical (unpaired) electrons. The van der Waals surface area contributed by atoms with Crippen LogP contribution in [0.5, 0.6) is 0 Å². The lowest BCUT2D eigenvalue weighted by atomic mass is 9.89. The molecule has 3 unspecified atom stereocenters. The number of benzene rings is 1. The van der Waals surface area contributed by atoms with Gasteiger partial charge in [0.05, 0.1) is 16.3 Å². The molecule has 158 valence electrons. The van der Waals surface area contributed by atoms with Crippen LogP contribution in [0.4, 0.5) is 4.39 Å². The molecule has 1 amide bonds. The first kappa shape index (κ1) is 20.5. The van der Waals surface area contributed by atoms with E-state index in [1.807, 2.05) is 6.92 Å². The fourth-order valence-electron chi connectivity index (χ4n) is 3.90. The Morgan fingerprint density at radius 1 is 1.23 bits per heavy atom. The molecule has 30 heavy (non-hydrogen) atoms. The minimum Gasteiger partial charge on any atom is -0.449 e. The van der Waals surface area contributed by atoms with Gasteiger partial charge in [-0.3, -0.25) is 9.78 Å². The molecule has 1 aliphatic carbocycles. The minimum atomic E-state index is -3.60. The topological polar surface area (TPSA) is 89.3 Å². The Kier molecular flexibility index (Phi) is 5.60. The van der Waals surface area contributed by atoms with E-state index in [0.29, 0.717) is 18.4 Å². The van der Waals surface area contributed by atoms with E-state index in [1.54, 1.807) is 36.7 Å². The fourth-order valence-corrected chi connectivity index (χ4v) is 5.98. The van der Waals surface area contributed by atoms with Crippen LogP contribution in [0.1, 0.15) is 42.3 Å². The second kappa shape index (κ2) is 8.18. The number of alkyl halides is 1. The third-order valence-electron chi connectivity index (χ3n) is 5.71. The molecule has 1 aromatic carbocycles. The number of furan rings is 1. The van der Waals surface area contributed by atoms with E-state index < -0.39 is 21.3 Å². The second-order valence-electron chi connectivity index (χ2n) is 7.82. The van der Waals surface area contributed by atoms with Gasteiger partial charge in [-0.05, 0) is 55.0 Å². The molecule has 2 heterocycles. The van der Waals surface area contributed by atoms with Gasteiger partial charge in [-0.15, -0.1) is 0 Å². The van der Waals surface area contributed by atoms with Crippen LogP contribution in [0, 0.1) is 5.92 Å². The van der Waals surface area contributed by atoms with Crippen molar-refractivity contribution < 1.29 is 22.0 Å². The summed E-state index contributed by atoms with van der Waals surface area (Å²) in [5.41, 5.74) is 1.28. The quantitative estimate of drug-likeness (QED) is 0.659. The summed E-state index contributed by atoms with van der Waals surface area (Å²) in [4.78, 5) is 16.5. The number of halogens is 1. The molecule has 0 saturated heterocycles. The Labute approximate surface area is 174 Å². The van der Waals surface area contributed by atoms with Crippen LogP contribution >= 0.6 is 0 Å². The Hall–Kier alpha value is -2.74. The van der Waals surface area contributed by atoms with E-state index in [0.717, 1.165) is 10.9 Å². The fraction of sp³-hybridized carbons (Fsp3) is 0.364. The third-order valence-corrected chi connectivity index (χ3v) is 8.09. The third kappa shape index (κ3) is 4.09. The molecule has 1 aliphatic rings. The number of amides is 1. The maximum absolute atomic E-state index is 13.8. The maximum Gasteiger partial charge on any atom is 0.287 e. The Bertz CT molecular complexity index is 1120. The van der Waals surface area contributed by atoms with Crippen LogP contribution in [-0.4, -0.2) is 30.7 Å². The average Bonchev–Trinajstić information content (AvgIpc) is 3.18. The highest BCUT2D eigenvalue weighted by Gasteiger charge is 2.37. The standard InChI is InChI=1S/C22H23FN2O4S/c1-14-2-5-17(23)11-21(14)30(27,28)18-6-3-15(4-7-18)12-25-22(26)19-10-16-8-9-24-13-20(16)29-19/h3-4,6-10,13-14,17,21H,2,5,11-12H2,1H3,(H,25,26). The molecule has 3 atom stereocenters. The Balaban J connectivity index is 1.42. The monoisotopic (exact) mass is 430 g/mol. The van der Waals surface area contributed by atoms with Crippen molar-refractivity contribution in [2.75, 3.05) is 0 Å². The number of carbonyl (C=O) groups is 1. The molecule has 8 heteroatoms. The summed E-state index contributed by atoms with van der Waals surface area (Å²) in [5.74, 6) is -0.253. The lowest BCUT2D eigenvalue weighted by Gasteiger charge is -2.30. The van der Waals surface area contributed by atoms with Gasteiger partial charge in [0.15, 0.2) is 21.2 Å². The number of hydrogen-bond donors (Lipinski definition) is 1. The number of sulfone groups is 1. The number of hydrogen-bond acceptors (Lipinski definition) is 5. The van der Waals surface area contributed by atoms with Gasteiger partial charge in [0.1, 0.15) is 6.17 Å². The van der Waals surface area contributed by atoms with Crippen molar-refractivity contribution in [3.63, 3.8) is 0 Å². The number of rotatable bonds is 5. The molecule has 1 fully saturated rings. The first-order valence-electron chi connectivity index (χ1n) is 9.93. The highest BCUT2D eigenvalue weighted by molar-refractivity contribution is 7.92. The predicted octanol–water partition coefficient (Wildman–Crippen LogP) is 4.06. The van der Waals surface area contributed by atoms with Gasteiger partial charge in [0.25, 0.3) is 5.91 Å². The predicted molar refractivity (Wildman–Crippen MR) is 111 cm³/mol. The zero-order valence-electron chi connectivity index (χ0n) is 16.5.